The molecule has 0 spiro atoms. The maximum Gasteiger partial charge on any atom is 0.155 e. The van der Waals surface area contributed by atoms with Crippen LogP contribution in [-0.2, 0) is 6.54 Å². The van der Waals surface area contributed by atoms with Crippen LogP contribution in [0.2, 0.25) is 5.02 Å². The number of benzene rings is 1. The van der Waals surface area contributed by atoms with Gasteiger partial charge in [-0.05, 0) is 30.7 Å². The minimum Gasteiger partial charge on any atom is -0.409 e. The average molecular weight is 332 g/mol. The highest BCUT2D eigenvalue weighted by molar-refractivity contribution is 8.00. The number of amidine groups is 1. The Morgan fingerprint density at radius 1 is 1.52 bits per heavy atom. The van der Waals surface area contributed by atoms with Gasteiger partial charge in [-0.15, -0.1) is 0 Å². The van der Waals surface area contributed by atoms with Gasteiger partial charge < -0.3 is 10.9 Å². The number of thioether (sulfide) groups is 1. The van der Waals surface area contributed by atoms with Crippen LogP contribution in [-0.4, -0.2) is 40.0 Å². The van der Waals surface area contributed by atoms with E-state index in [9.17, 15) is 4.39 Å². The molecular formula is C14H19ClFN3OS. The fraction of sp³-hybridized carbons (Fsp3) is 0.500. The molecule has 1 fully saturated rings. The zero-order valence-corrected chi connectivity index (χ0v) is 13.4. The summed E-state index contributed by atoms with van der Waals surface area (Å²) in [5, 5.41) is 12.3. The number of piperidine rings is 1. The van der Waals surface area contributed by atoms with E-state index in [0.717, 1.165) is 31.5 Å². The predicted octanol–water partition coefficient (Wildman–Crippen LogP) is 2.92. The van der Waals surface area contributed by atoms with E-state index in [1.54, 1.807) is 17.8 Å². The van der Waals surface area contributed by atoms with Crippen molar-refractivity contribution in [2.24, 2.45) is 10.9 Å². The van der Waals surface area contributed by atoms with E-state index in [-0.39, 0.29) is 21.4 Å². The molecule has 3 N–H and O–H groups in total. The minimum absolute atomic E-state index is 0.190. The Bertz CT molecular complexity index is 533. The van der Waals surface area contributed by atoms with Gasteiger partial charge in [0.15, 0.2) is 5.84 Å². The molecule has 0 aromatic heterocycles. The number of hydrogen-bond donors (Lipinski definition) is 2. The van der Waals surface area contributed by atoms with Crippen LogP contribution in [0.5, 0.6) is 0 Å². The third-order valence-electron chi connectivity index (χ3n) is 4.05. The van der Waals surface area contributed by atoms with E-state index in [1.807, 2.05) is 12.3 Å². The first-order chi connectivity index (χ1) is 10.0. The molecule has 1 aliphatic rings. The van der Waals surface area contributed by atoms with Crippen LogP contribution in [0.25, 0.3) is 0 Å². The Morgan fingerprint density at radius 3 is 2.76 bits per heavy atom. The first kappa shape index (κ1) is 16.4. The van der Waals surface area contributed by atoms with E-state index >= 15 is 0 Å². The summed E-state index contributed by atoms with van der Waals surface area (Å²) in [5.41, 5.74) is 6.61. The van der Waals surface area contributed by atoms with Crippen LogP contribution in [0.3, 0.4) is 0 Å². The third-order valence-corrected chi connectivity index (χ3v) is 5.88. The molecule has 1 aliphatic heterocycles. The zero-order chi connectivity index (χ0) is 15.5. The van der Waals surface area contributed by atoms with E-state index < -0.39 is 0 Å². The minimum atomic E-state index is -0.388. The number of rotatable bonds is 4. The van der Waals surface area contributed by atoms with Crippen molar-refractivity contribution in [1.82, 2.24) is 4.90 Å². The fourth-order valence-corrected chi connectivity index (χ4v) is 3.67. The molecule has 0 radical (unpaired) electrons. The first-order valence-electron chi connectivity index (χ1n) is 6.71. The SMILES string of the molecule is CSC1(/C(N)=N/O)CCN(Cc2cccc(F)c2Cl)CC1. The maximum atomic E-state index is 13.4. The first-order valence-corrected chi connectivity index (χ1v) is 8.31. The summed E-state index contributed by atoms with van der Waals surface area (Å²) < 4.78 is 13.1. The molecule has 1 saturated heterocycles. The van der Waals surface area contributed by atoms with Gasteiger partial charge in [0.1, 0.15) is 5.82 Å². The largest absolute Gasteiger partial charge is 0.409 e. The highest BCUT2D eigenvalue weighted by atomic mass is 35.5. The van der Waals surface area contributed by atoms with Gasteiger partial charge in [0, 0.05) is 19.6 Å². The number of halogens is 2. The van der Waals surface area contributed by atoms with Crippen molar-refractivity contribution in [2.75, 3.05) is 19.3 Å². The molecule has 0 amide bonds. The van der Waals surface area contributed by atoms with Gasteiger partial charge in [0.05, 0.1) is 9.77 Å². The van der Waals surface area contributed by atoms with Gasteiger partial charge >= 0.3 is 0 Å². The fourth-order valence-electron chi connectivity index (χ4n) is 2.64. The van der Waals surface area contributed by atoms with Crippen molar-refractivity contribution in [3.05, 3.63) is 34.6 Å². The molecule has 2 rings (SSSR count). The van der Waals surface area contributed by atoms with Gasteiger partial charge in [-0.1, -0.05) is 28.9 Å². The summed E-state index contributed by atoms with van der Waals surface area (Å²) in [6, 6.07) is 4.87. The lowest BCUT2D eigenvalue weighted by Gasteiger charge is -2.39. The van der Waals surface area contributed by atoms with Crippen molar-refractivity contribution in [2.45, 2.75) is 24.1 Å². The van der Waals surface area contributed by atoms with Crippen LogP contribution in [0.4, 0.5) is 4.39 Å². The molecule has 1 aromatic rings. The van der Waals surface area contributed by atoms with E-state index in [1.165, 1.54) is 6.07 Å². The van der Waals surface area contributed by atoms with Crippen molar-refractivity contribution >= 4 is 29.2 Å². The molecule has 116 valence electrons. The molecule has 7 heteroatoms. The summed E-state index contributed by atoms with van der Waals surface area (Å²) >= 11 is 7.60. The molecule has 4 nitrogen and oxygen atoms in total. The van der Waals surface area contributed by atoms with Crippen molar-refractivity contribution < 1.29 is 9.60 Å². The van der Waals surface area contributed by atoms with Crippen LogP contribution in [0.15, 0.2) is 23.4 Å². The highest BCUT2D eigenvalue weighted by Gasteiger charge is 2.38. The number of nitrogens with zero attached hydrogens (tertiary/aromatic N) is 2. The summed E-state index contributed by atoms with van der Waals surface area (Å²) in [5.74, 6) is -0.111. The van der Waals surface area contributed by atoms with Crippen LogP contribution < -0.4 is 5.73 Å². The van der Waals surface area contributed by atoms with Crippen molar-refractivity contribution in [3.8, 4) is 0 Å². The lowest BCUT2D eigenvalue weighted by atomic mass is 9.94. The lowest BCUT2D eigenvalue weighted by Crippen LogP contribution is -2.49. The third kappa shape index (κ3) is 3.44. The topological polar surface area (TPSA) is 61.9 Å². The molecule has 0 saturated carbocycles. The maximum absolute atomic E-state index is 13.4. The average Bonchev–Trinajstić information content (AvgIpc) is 2.52. The predicted molar refractivity (Wildman–Crippen MR) is 85.6 cm³/mol. The Balaban J connectivity index is 2.03. The zero-order valence-electron chi connectivity index (χ0n) is 11.9. The Labute approximate surface area is 133 Å². The number of likely N-dealkylation sites (tertiary alicyclic amines) is 1. The molecule has 1 heterocycles. The van der Waals surface area contributed by atoms with Crippen molar-refractivity contribution in [1.29, 1.82) is 0 Å². The van der Waals surface area contributed by atoms with Gasteiger partial charge in [-0.2, -0.15) is 11.8 Å². The summed E-state index contributed by atoms with van der Waals surface area (Å²) in [7, 11) is 0. The summed E-state index contributed by atoms with van der Waals surface area (Å²) in [6.45, 7) is 2.20. The van der Waals surface area contributed by atoms with Crippen LogP contribution in [0, 0.1) is 5.82 Å². The van der Waals surface area contributed by atoms with Crippen LogP contribution >= 0.6 is 23.4 Å². The number of nitrogens with two attached hydrogens (primary N) is 1. The number of oxime groups is 1. The van der Waals surface area contributed by atoms with E-state index in [4.69, 9.17) is 22.5 Å². The Hall–Kier alpha value is -0.980. The summed E-state index contributed by atoms with van der Waals surface area (Å²) in [6.07, 6.45) is 3.55. The molecular weight excluding hydrogens is 313 g/mol. The van der Waals surface area contributed by atoms with Gasteiger partial charge in [-0.3, -0.25) is 4.90 Å². The van der Waals surface area contributed by atoms with E-state index in [2.05, 4.69) is 10.1 Å². The monoisotopic (exact) mass is 331 g/mol. The molecule has 0 atom stereocenters. The lowest BCUT2D eigenvalue weighted by molar-refractivity contribution is 0.209. The molecule has 0 unspecified atom stereocenters. The van der Waals surface area contributed by atoms with E-state index in [0.29, 0.717) is 6.54 Å². The Kier molecular flexibility index (Phi) is 5.35. The molecule has 1 aromatic carbocycles. The van der Waals surface area contributed by atoms with Gasteiger partial charge in [0.2, 0.25) is 0 Å². The van der Waals surface area contributed by atoms with Crippen molar-refractivity contribution in [3.63, 3.8) is 0 Å². The van der Waals surface area contributed by atoms with Crippen LogP contribution in [0.1, 0.15) is 18.4 Å². The normalized spacial score (nSPS) is 19.7. The second-order valence-electron chi connectivity index (χ2n) is 5.17. The second-order valence-corrected chi connectivity index (χ2v) is 6.74. The smallest absolute Gasteiger partial charge is 0.155 e. The molecule has 0 bridgehead atoms. The Morgan fingerprint density at radius 2 is 2.19 bits per heavy atom. The molecule has 21 heavy (non-hydrogen) atoms. The standard InChI is InChI=1S/C14H19ClFN3OS/c1-21-14(13(17)18-20)5-7-19(8-6-14)9-10-3-2-4-11(16)12(10)15/h2-4,20H,5-9H2,1H3,(H2,17,18). The van der Waals surface area contributed by atoms with Gasteiger partial charge in [0.25, 0.3) is 0 Å². The summed E-state index contributed by atoms with van der Waals surface area (Å²) in [4.78, 5) is 2.21. The number of hydrogen-bond acceptors (Lipinski definition) is 4. The highest BCUT2D eigenvalue weighted by Crippen LogP contribution is 2.35. The molecule has 0 aliphatic carbocycles. The quantitative estimate of drug-likeness (QED) is 0.385. The van der Waals surface area contributed by atoms with Gasteiger partial charge in [-0.25, -0.2) is 4.39 Å². The second kappa shape index (κ2) is 6.85.